The number of fused-ring (bicyclic) bond motifs is 1. The molecular formula is C16H22F3N3O. The van der Waals surface area contributed by atoms with Crippen molar-refractivity contribution in [2.45, 2.75) is 45.7 Å². The van der Waals surface area contributed by atoms with Crippen molar-refractivity contribution >= 4 is 5.65 Å². The van der Waals surface area contributed by atoms with E-state index in [0.29, 0.717) is 25.1 Å². The molecule has 7 heteroatoms. The molecule has 0 aromatic carbocycles. The molecule has 2 rings (SSSR count). The third-order valence-corrected chi connectivity index (χ3v) is 4.02. The summed E-state index contributed by atoms with van der Waals surface area (Å²) in [5, 5.41) is 4.27. The summed E-state index contributed by atoms with van der Waals surface area (Å²) in [6.07, 6.45) is 1.13. The molecule has 0 amide bonds. The monoisotopic (exact) mass is 329 g/mol. The zero-order valence-electron chi connectivity index (χ0n) is 13.7. The van der Waals surface area contributed by atoms with Gasteiger partial charge in [-0.05, 0) is 37.3 Å². The highest BCUT2D eigenvalue weighted by molar-refractivity contribution is 5.40. The summed E-state index contributed by atoms with van der Waals surface area (Å²) in [5.41, 5.74) is 0.829. The lowest BCUT2D eigenvalue weighted by atomic mass is 9.86. The van der Waals surface area contributed by atoms with Crippen LogP contribution in [0.3, 0.4) is 0 Å². The fraction of sp³-hybridized carbons (Fsp3) is 0.625. The first-order chi connectivity index (χ1) is 10.7. The van der Waals surface area contributed by atoms with Crippen LogP contribution in [0.2, 0.25) is 0 Å². The van der Waals surface area contributed by atoms with E-state index in [-0.39, 0.29) is 6.42 Å². The molecule has 0 aliphatic heterocycles. The molecule has 2 aromatic rings. The van der Waals surface area contributed by atoms with Crippen LogP contribution in [-0.2, 0) is 17.6 Å². The average molecular weight is 329 g/mol. The van der Waals surface area contributed by atoms with E-state index in [4.69, 9.17) is 4.74 Å². The Hall–Kier alpha value is -1.63. The molecule has 0 aliphatic carbocycles. The van der Waals surface area contributed by atoms with Crippen molar-refractivity contribution in [2.75, 3.05) is 13.7 Å². The molecule has 2 heterocycles. The molecule has 0 spiro atoms. The van der Waals surface area contributed by atoms with Gasteiger partial charge in [0.05, 0.1) is 30.1 Å². The quantitative estimate of drug-likeness (QED) is 0.775. The standard InChI is InChI=1S/C16H22F3N3O/c1-15(2,16(17,18)19)7-4-5-13-11-22-14(21-13)9-12(10-20-22)6-8-23-3/h9-11H,4-8H2,1-3H3. The highest BCUT2D eigenvalue weighted by atomic mass is 19.4. The van der Waals surface area contributed by atoms with Crippen LogP contribution in [-0.4, -0.2) is 34.5 Å². The van der Waals surface area contributed by atoms with Gasteiger partial charge in [-0.15, -0.1) is 0 Å². The Bertz CT molecular complexity index is 650. The first kappa shape index (κ1) is 17.7. The van der Waals surface area contributed by atoms with Crippen LogP contribution in [0.5, 0.6) is 0 Å². The van der Waals surface area contributed by atoms with E-state index in [1.807, 2.05) is 6.07 Å². The van der Waals surface area contributed by atoms with Gasteiger partial charge in [0.1, 0.15) is 0 Å². The molecule has 0 bridgehead atoms. The lowest BCUT2D eigenvalue weighted by molar-refractivity contribution is -0.213. The molecule has 0 fully saturated rings. The Morgan fingerprint density at radius 1 is 1.22 bits per heavy atom. The van der Waals surface area contributed by atoms with Gasteiger partial charge in [0.2, 0.25) is 0 Å². The molecule has 2 aromatic heterocycles. The largest absolute Gasteiger partial charge is 0.393 e. The number of alkyl halides is 3. The van der Waals surface area contributed by atoms with Crippen molar-refractivity contribution in [1.29, 1.82) is 0 Å². The van der Waals surface area contributed by atoms with Crippen LogP contribution >= 0.6 is 0 Å². The SMILES string of the molecule is COCCc1cnn2cc(CCCC(C)(C)C(F)(F)F)nc2c1. The second-order valence-corrected chi connectivity index (χ2v) is 6.38. The Balaban J connectivity index is 1.98. The number of aromatic nitrogens is 3. The summed E-state index contributed by atoms with van der Waals surface area (Å²) in [4.78, 5) is 4.44. The molecule has 0 atom stereocenters. The van der Waals surface area contributed by atoms with E-state index in [1.165, 1.54) is 13.8 Å². The van der Waals surface area contributed by atoms with Crippen molar-refractivity contribution in [2.24, 2.45) is 5.41 Å². The van der Waals surface area contributed by atoms with Gasteiger partial charge in [-0.3, -0.25) is 0 Å². The van der Waals surface area contributed by atoms with Crippen LogP contribution in [0.15, 0.2) is 18.5 Å². The minimum Gasteiger partial charge on any atom is -0.384 e. The Morgan fingerprint density at radius 3 is 2.61 bits per heavy atom. The van der Waals surface area contributed by atoms with E-state index in [1.54, 1.807) is 24.0 Å². The first-order valence-electron chi connectivity index (χ1n) is 7.62. The van der Waals surface area contributed by atoms with E-state index in [0.717, 1.165) is 17.7 Å². The number of ether oxygens (including phenoxy) is 1. The predicted molar refractivity (Wildman–Crippen MR) is 81.3 cm³/mol. The van der Waals surface area contributed by atoms with E-state index < -0.39 is 11.6 Å². The predicted octanol–water partition coefficient (Wildman–Crippen LogP) is 3.83. The second-order valence-electron chi connectivity index (χ2n) is 6.38. The van der Waals surface area contributed by atoms with Gasteiger partial charge < -0.3 is 4.74 Å². The number of imidazole rings is 1. The zero-order valence-corrected chi connectivity index (χ0v) is 13.7. The molecule has 4 nitrogen and oxygen atoms in total. The maximum absolute atomic E-state index is 12.8. The summed E-state index contributed by atoms with van der Waals surface area (Å²) in [7, 11) is 1.64. The minimum absolute atomic E-state index is 0.0802. The molecule has 0 unspecified atom stereocenters. The van der Waals surface area contributed by atoms with E-state index in [2.05, 4.69) is 10.1 Å². The molecule has 128 valence electrons. The summed E-state index contributed by atoms with van der Waals surface area (Å²) >= 11 is 0. The van der Waals surface area contributed by atoms with Gasteiger partial charge in [0.15, 0.2) is 5.65 Å². The number of nitrogens with zero attached hydrogens (tertiary/aromatic N) is 3. The second kappa shape index (κ2) is 6.86. The van der Waals surface area contributed by atoms with Crippen LogP contribution in [0.25, 0.3) is 5.65 Å². The average Bonchev–Trinajstić information content (AvgIpc) is 2.85. The maximum atomic E-state index is 12.8. The van der Waals surface area contributed by atoms with Crippen molar-refractivity contribution in [3.63, 3.8) is 0 Å². The Morgan fingerprint density at radius 2 is 1.96 bits per heavy atom. The molecular weight excluding hydrogens is 307 g/mol. The number of rotatable bonds is 7. The molecule has 0 radical (unpaired) electrons. The van der Waals surface area contributed by atoms with Crippen molar-refractivity contribution in [3.8, 4) is 0 Å². The van der Waals surface area contributed by atoms with Gasteiger partial charge in [-0.2, -0.15) is 18.3 Å². The summed E-state index contributed by atoms with van der Waals surface area (Å²) in [5.74, 6) is 0. The van der Waals surface area contributed by atoms with Crippen molar-refractivity contribution in [3.05, 3.63) is 29.7 Å². The molecule has 0 aliphatic rings. The van der Waals surface area contributed by atoms with Crippen LogP contribution in [0, 0.1) is 5.41 Å². The minimum atomic E-state index is -4.18. The fourth-order valence-electron chi connectivity index (χ4n) is 2.30. The lowest BCUT2D eigenvalue weighted by Crippen LogP contribution is -2.32. The number of hydrogen-bond acceptors (Lipinski definition) is 3. The first-order valence-corrected chi connectivity index (χ1v) is 7.62. The van der Waals surface area contributed by atoms with Gasteiger partial charge in [-0.25, -0.2) is 9.50 Å². The topological polar surface area (TPSA) is 39.4 Å². The van der Waals surface area contributed by atoms with Crippen LogP contribution in [0.1, 0.15) is 37.9 Å². The van der Waals surface area contributed by atoms with Crippen molar-refractivity contribution < 1.29 is 17.9 Å². The zero-order chi connectivity index (χ0) is 17.1. The molecule has 23 heavy (non-hydrogen) atoms. The molecule has 0 saturated carbocycles. The molecule has 0 N–H and O–H groups in total. The third-order valence-electron chi connectivity index (χ3n) is 4.02. The van der Waals surface area contributed by atoms with Crippen LogP contribution in [0.4, 0.5) is 13.2 Å². The number of aryl methyl sites for hydroxylation is 1. The number of hydrogen-bond donors (Lipinski definition) is 0. The highest BCUT2D eigenvalue weighted by Crippen LogP contribution is 2.41. The summed E-state index contributed by atoms with van der Waals surface area (Å²) < 4.78 is 45.2. The van der Waals surface area contributed by atoms with E-state index >= 15 is 0 Å². The van der Waals surface area contributed by atoms with Crippen LogP contribution < -0.4 is 0 Å². The third kappa shape index (κ3) is 4.43. The normalized spacial score (nSPS) is 13.0. The Kier molecular flexibility index (Phi) is 5.29. The summed E-state index contributed by atoms with van der Waals surface area (Å²) in [6, 6.07) is 1.93. The fourth-order valence-corrected chi connectivity index (χ4v) is 2.30. The van der Waals surface area contributed by atoms with Gasteiger partial charge in [0, 0.05) is 7.11 Å². The van der Waals surface area contributed by atoms with Gasteiger partial charge in [0.25, 0.3) is 0 Å². The smallest absolute Gasteiger partial charge is 0.384 e. The Labute approximate surface area is 133 Å². The van der Waals surface area contributed by atoms with Gasteiger partial charge >= 0.3 is 6.18 Å². The van der Waals surface area contributed by atoms with E-state index in [9.17, 15) is 13.2 Å². The highest BCUT2D eigenvalue weighted by Gasteiger charge is 2.46. The van der Waals surface area contributed by atoms with Gasteiger partial charge in [-0.1, -0.05) is 13.8 Å². The lowest BCUT2D eigenvalue weighted by Gasteiger charge is -2.27. The number of halogens is 3. The maximum Gasteiger partial charge on any atom is 0.393 e. The van der Waals surface area contributed by atoms with Crippen molar-refractivity contribution in [1.82, 2.24) is 14.6 Å². The summed E-state index contributed by atoms with van der Waals surface area (Å²) in [6.45, 7) is 3.08. The number of methoxy groups -OCH3 is 1. The molecule has 0 saturated heterocycles.